The van der Waals surface area contributed by atoms with E-state index in [0.717, 1.165) is 6.07 Å². The van der Waals surface area contributed by atoms with Crippen molar-refractivity contribution in [1.82, 2.24) is 0 Å². The Bertz CT molecular complexity index is 396. The Labute approximate surface area is 96.7 Å². The van der Waals surface area contributed by atoms with Crippen LogP contribution >= 0.6 is 0 Å². The van der Waals surface area contributed by atoms with Crippen molar-refractivity contribution in [3.8, 4) is 0 Å². The van der Waals surface area contributed by atoms with Crippen molar-refractivity contribution < 1.29 is 23.4 Å². The molecule has 17 heavy (non-hydrogen) atoms. The molecule has 0 saturated carbocycles. The van der Waals surface area contributed by atoms with Crippen LogP contribution in [-0.4, -0.2) is 22.9 Å². The molecule has 1 rings (SSSR count). The molecule has 0 aliphatic rings. The Morgan fingerprint density at radius 2 is 2.00 bits per heavy atom. The van der Waals surface area contributed by atoms with E-state index in [1.807, 2.05) is 0 Å². The summed E-state index contributed by atoms with van der Waals surface area (Å²) in [5.41, 5.74) is 4.41. The molecule has 0 amide bonds. The van der Waals surface area contributed by atoms with Crippen LogP contribution in [0.4, 0.5) is 13.2 Å². The molecule has 0 radical (unpaired) electrons. The van der Waals surface area contributed by atoms with Gasteiger partial charge in [-0.25, -0.2) is 4.39 Å². The van der Waals surface area contributed by atoms with Crippen molar-refractivity contribution in [2.75, 3.05) is 6.61 Å². The van der Waals surface area contributed by atoms with Gasteiger partial charge in [0.2, 0.25) is 0 Å². The van der Waals surface area contributed by atoms with Gasteiger partial charge >= 0.3 is 5.92 Å². The molecule has 0 aliphatic carbocycles. The fourth-order valence-electron chi connectivity index (χ4n) is 1.45. The van der Waals surface area contributed by atoms with E-state index in [4.69, 9.17) is 15.9 Å². The monoisotopic (exact) mass is 249 g/mol. The lowest BCUT2D eigenvalue weighted by Gasteiger charge is -2.23. The standard InChI is InChI=1S/C11H14F3NO2/c1-6(15)7-3-2-4-8(10(7)12)11(13,14)9(17)5-16/h2-4,6,9,16-17H,5,15H2,1H3/t6-,9?/m1/s1. The minimum atomic E-state index is -3.86. The SMILES string of the molecule is C[C@@H](N)c1cccc(C(F)(F)C(O)CO)c1F. The van der Waals surface area contributed by atoms with Gasteiger partial charge < -0.3 is 15.9 Å². The van der Waals surface area contributed by atoms with Crippen molar-refractivity contribution in [3.63, 3.8) is 0 Å². The third-order valence-electron chi connectivity index (χ3n) is 2.47. The van der Waals surface area contributed by atoms with E-state index in [-0.39, 0.29) is 5.56 Å². The summed E-state index contributed by atoms with van der Waals surface area (Å²) >= 11 is 0. The second kappa shape index (κ2) is 5.03. The van der Waals surface area contributed by atoms with Gasteiger partial charge in [0.05, 0.1) is 12.2 Å². The molecule has 4 N–H and O–H groups in total. The third-order valence-corrected chi connectivity index (χ3v) is 2.47. The lowest BCUT2D eigenvalue weighted by molar-refractivity contribution is -0.133. The summed E-state index contributed by atoms with van der Waals surface area (Å²) in [6.07, 6.45) is -2.35. The molecule has 0 bridgehead atoms. The van der Waals surface area contributed by atoms with E-state index in [1.165, 1.54) is 19.1 Å². The molecule has 96 valence electrons. The molecule has 2 atom stereocenters. The first kappa shape index (κ1) is 14.0. The van der Waals surface area contributed by atoms with Crippen LogP contribution in [0, 0.1) is 5.82 Å². The zero-order valence-corrected chi connectivity index (χ0v) is 9.20. The second-order valence-corrected chi connectivity index (χ2v) is 3.82. The molecule has 3 nitrogen and oxygen atoms in total. The topological polar surface area (TPSA) is 66.5 Å². The summed E-state index contributed by atoms with van der Waals surface area (Å²) < 4.78 is 40.9. The number of hydrogen-bond acceptors (Lipinski definition) is 3. The normalized spacial score (nSPS) is 15.7. The number of hydrogen-bond donors (Lipinski definition) is 3. The lowest BCUT2D eigenvalue weighted by Crippen LogP contribution is -2.35. The van der Waals surface area contributed by atoms with Crippen molar-refractivity contribution >= 4 is 0 Å². The number of alkyl halides is 2. The lowest BCUT2D eigenvalue weighted by atomic mass is 9.98. The number of rotatable bonds is 4. The Hall–Kier alpha value is -1.11. The molecule has 0 aliphatic heterocycles. The maximum atomic E-state index is 13.8. The van der Waals surface area contributed by atoms with E-state index < -0.39 is 36.1 Å². The number of aliphatic hydroxyl groups is 2. The van der Waals surface area contributed by atoms with Crippen LogP contribution in [-0.2, 0) is 5.92 Å². The molecule has 1 aromatic rings. The van der Waals surface area contributed by atoms with Crippen molar-refractivity contribution in [3.05, 3.63) is 35.1 Å². The quantitative estimate of drug-likeness (QED) is 0.753. The molecule has 0 fully saturated rings. The molecule has 1 unspecified atom stereocenters. The van der Waals surface area contributed by atoms with Gasteiger partial charge in [0.15, 0.2) is 0 Å². The number of aliphatic hydroxyl groups excluding tert-OH is 2. The van der Waals surface area contributed by atoms with Gasteiger partial charge in [0.25, 0.3) is 0 Å². The smallest absolute Gasteiger partial charge is 0.303 e. The molecule has 0 spiro atoms. The van der Waals surface area contributed by atoms with Crippen LogP contribution in [0.5, 0.6) is 0 Å². The van der Waals surface area contributed by atoms with Gasteiger partial charge in [-0.2, -0.15) is 8.78 Å². The van der Waals surface area contributed by atoms with Gasteiger partial charge in [-0.15, -0.1) is 0 Å². The van der Waals surface area contributed by atoms with Crippen LogP contribution in [0.2, 0.25) is 0 Å². The minimum absolute atomic E-state index is 0.0627. The van der Waals surface area contributed by atoms with Gasteiger partial charge in [-0.1, -0.05) is 12.1 Å². The van der Waals surface area contributed by atoms with Crippen LogP contribution in [0.1, 0.15) is 24.1 Å². The Morgan fingerprint density at radius 1 is 1.41 bits per heavy atom. The zero-order chi connectivity index (χ0) is 13.2. The summed E-state index contributed by atoms with van der Waals surface area (Å²) in [6.45, 7) is 0.303. The first-order valence-corrected chi connectivity index (χ1v) is 5.03. The van der Waals surface area contributed by atoms with E-state index in [2.05, 4.69) is 0 Å². The summed E-state index contributed by atoms with van der Waals surface area (Å²) in [7, 11) is 0. The molecule has 0 aromatic heterocycles. The van der Waals surface area contributed by atoms with E-state index in [0.29, 0.717) is 0 Å². The van der Waals surface area contributed by atoms with E-state index >= 15 is 0 Å². The number of nitrogens with two attached hydrogens (primary N) is 1. The maximum absolute atomic E-state index is 13.8. The molecular formula is C11H14F3NO2. The van der Waals surface area contributed by atoms with E-state index in [9.17, 15) is 13.2 Å². The summed E-state index contributed by atoms with van der Waals surface area (Å²) in [4.78, 5) is 0. The summed E-state index contributed by atoms with van der Waals surface area (Å²) in [5.74, 6) is -5.01. The maximum Gasteiger partial charge on any atom is 0.303 e. The molecule has 1 aromatic carbocycles. The number of halogens is 3. The third kappa shape index (κ3) is 2.59. The van der Waals surface area contributed by atoms with Crippen molar-refractivity contribution in [2.24, 2.45) is 5.73 Å². The highest BCUT2D eigenvalue weighted by Gasteiger charge is 2.42. The summed E-state index contributed by atoms with van der Waals surface area (Å²) in [6, 6.07) is 2.65. The molecular weight excluding hydrogens is 235 g/mol. The second-order valence-electron chi connectivity index (χ2n) is 3.82. The van der Waals surface area contributed by atoms with Crippen LogP contribution < -0.4 is 5.73 Å². The Kier molecular flexibility index (Phi) is 4.13. The molecule has 0 heterocycles. The molecule has 6 heteroatoms. The predicted octanol–water partition coefficient (Wildman–Crippen LogP) is 1.29. The predicted molar refractivity (Wildman–Crippen MR) is 56.0 cm³/mol. The van der Waals surface area contributed by atoms with Crippen molar-refractivity contribution in [2.45, 2.75) is 25.0 Å². The van der Waals surface area contributed by atoms with Gasteiger partial charge in [0, 0.05) is 11.6 Å². The van der Waals surface area contributed by atoms with Gasteiger partial charge in [-0.05, 0) is 13.0 Å². The van der Waals surface area contributed by atoms with E-state index in [1.54, 1.807) is 0 Å². The molecule has 0 saturated heterocycles. The first-order valence-electron chi connectivity index (χ1n) is 5.03. The fourth-order valence-corrected chi connectivity index (χ4v) is 1.45. The highest BCUT2D eigenvalue weighted by molar-refractivity contribution is 5.31. The highest BCUT2D eigenvalue weighted by Crippen LogP contribution is 2.35. The van der Waals surface area contributed by atoms with Crippen LogP contribution in [0.25, 0.3) is 0 Å². The largest absolute Gasteiger partial charge is 0.393 e. The van der Waals surface area contributed by atoms with Gasteiger partial charge in [0.1, 0.15) is 11.9 Å². The van der Waals surface area contributed by atoms with Gasteiger partial charge in [-0.3, -0.25) is 0 Å². The number of benzene rings is 1. The summed E-state index contributed by atoms with van der Waals surface area (Å²) in [5, 5.41) is 17.5. The average molecular weight is 249 g/mol. The average Bonchev–Trinajstić information content (AvgIpc) is 2.27. The zero-order valence-electron chi connectivity index (χ0n) is 9.20. The Morgan fingerprint density at radius 3 is 2.47 bits per heavy atom. The van der Waals surface area contributed by atoms with Crippen LogP contribution in [0.3, 0.4) is 0 Å². The first-order chi connectivity index (χ1) is 7.82. The minimum Gasteiger partial charge on any atom is -0.393 e. The van der Waals surface area contributed by atoms with Crippen LogP contribution in [0.15, 0.2) is 18.2 Å². The Balaban J connectivity index is 3.27. The van der Waals surface area contributed by atoms with Crippen molar-refractivity contribution in [1.29, 1.82) is 0 Å². The fraction of sp³-hybridized carbons (Fsp3) is 0.455. The highest BCUT2D eigenvalue weighted by atomic mass is 19.3.